The van der Waals surface area contributed by atoms with Gasteiger partial charge in [0, 0.05) is 36.5 Å². The number of aryl methyl sites for hydroxylation is 1. The first-order valence-corrected chi connectivity index (χ1v) is 12.1. The smallest absolute Gasteiger partial charge is 0.342 e. The molecule has 1 heterocycles. The van der Waals surface area contributed by atoms with Gasteiger partial charge in [0.1, 0.15) is 11.4 Å². The maximum absolute atomic E-state index is 12.8. The Kier molecular flexibility index (Phi) is 8.88. The van der Waals surface area contributed by atoms with Crippen LogP contribution in [0.25, 0.3) is 10.9 Å². The van der Waals surface area contributed by atoms with E-state index >= 15 is 0 Å². The molecule has 2 atom stereocenters. The number of hydrogen-bond acceptors (Lipinski definition) is 6. The predicted molar refractivity (Wildman–Crippen MR) is 130 cm³/mol. The summed E-state index contributed by atoms with van der Waals surface area (Å²) in [6.45, 7) is 8.46. The molecule has 2 unspecified atom stereocenters. The lowest BCUT2D eigenvalue weighted by atomic mass is 9.91. The normalized spacial score (nSPS) is 16.8. The van der Waals surface area contributed by atoms with E-state index in [-0.39, 0.29) is 30.6 Å². The van der Waals surface area contributed by atoms with E-state index in [0.717, 1.165) is 22.9 Å². The van der Waals surface area contributed by atoms with Gasteiger partial charge in [0.2, 0.25) is 0 Å². The lowest BCUT2D eigenvalue weighted by Gasteiger charge is -2.32. The van der Waals surface area contributed by atoms with E-state index in [0.29, 0.717) is 24.0 Å². The second-order valence-corrected chi connectivity index (χ2v) is 9.37. The van der Waals surface area contributed by atoms with Crippen molar-refractivity contribution in [1.29, 1.82) is 0 Å². The Balaban J connectivity index is 1.80. The first-order chi connectivity index (χ1) is 15.4. The number of aromatic nitrogens is 1. The highest BCUT2D eigenvalue weighted by molar-refractivity contribution is 5.99. The molecule has 3 N–H and O–H groups in total. The highest BCUT2D eigenvalue weighted by atomic mass is 16.5. The minimum Gasteiger partial charge on any atom is -0.459 e. The molecule has 0 bridgehead atoms. The Bertz CT molecular complexity index is 893. The van der Waals surface area contributed by atoms with Crippen LogP contribution in [0.4, 0.5) is 5.82 Å². The van der Waals surface area contributed by atoms with Crippen molar-refractivity contribution in [2.45, 2.75) is 84.4 Å². The van der Waals surface area contributed by atoms with Crippen molar-refractivity contribution in [2.24, 2.45) is 5.92 Å². The number of carbonyl (C=O) groups excluding carboxylic acids is 1. The van der Waals surface area contributed by atoms with Gasteiger partial charge in [0.25, 0.3) is 0 Å². The van der Waals surface area contributed by atoms with Gasteiger partial charge in [-0.05, 0) is 58.2 Å². The number of ether oxygens (including phenoxy) is 1. The van der Waals surface area contributed by atoms with Gasteiger partial charge in [-0.2, -0.15) is 0 Å². The molecule has 1 fully saturated rings. The molecule has 1 aromatic heterocycles. The number of benzene rings is 1. The molecule has 0 amide bonds. The Labute approximate surface area is 192 Å². The fraction of sp³-hybridized carbons (Fsp3) is 0.615. The number of pyridine rings is 1. The number of rotatable bonds is 10. The highest BCUT2D eigenvalue weighted by Gasteiger charge is 2.25. The Morgan fingerprint density at radius 3 is 2.62 bits per heavy atom. The van der Waals surface area contributed by atoms with Crippen LogP contribution in [0.1, 0.15) is 75.2 Å². The van der Waals surface area contributed by atoms with Gasteiger partial charge in [0.05, 0.1) is 11.6 Å². The first-order valence-electron chi connectivity index (χ1n) is 12.1. The van der Waals surface area contributed by atoms with Crippen LogP contribution in [0.15, 0.2) is 24.3 Å². The second kappa shape index (κ2) is 11.6. The van der Waals surface area contributed by atoms with Crippen LogP contribution < -0.4 is 10.6 Å². The van der Waals surface area contributed by atoms with Crippen molar-refractivity contribution in [1.82, 2.24) is 10.3 Å². The highest BCUT2D eigenvalue weighted by Crippen LogP contribution is 2.24. The summed E-state index contributed by atoms with van der Waals surface area (Å²) in [5, 5.41) is 18.2. The van der Waals surface area contributed by atoms with Crippen LogP contribution in [0.5, 0.6) is 0 Å². The number of nitrogens with zero attached hydrogens (tertiary/aromatic N) is 1. The molecule has 6 nitrogen and oxygen atoms in total. The van der Waals surface area contributed by atoms with E-state index < -0.39 is 0 Å². The van der Waals surface area contributed by atoms with Gasteiger partial charge in [-0.25, -0.2) is 9.78 Å². The van der Waals surface area contributed by atoms with Crippen LogP contribution in [0.2, 0.25) is 0 Å². The molecule has 2 aromatic rings. The SMILES string of the molecule is CCC(NC1CCCCC1)C(CO)CNc1nc2ccc(C)cc2cc1C(=O)OC(C)C. The van der Waals surface area contributed by atoms with Crippen molar-refractivity contribution >= 4 is 22.7 Å². The maximum Gasteiger partial charge on any atom is 0.342 e. The zero-order valence-electron chi connectivity index (χ0n) is 20.0. The number of hydrogen-bond donors (Lipinski definition) is 3. The lowest BCUT2D eigenvalue weighted by Crippen LogP contribution is -2.46. The molecule has 0 radical (unpaired) electrons. The number of nitrogens with one attached hydrogen (secondary N) is 2. The average molecular weight is 442 g/mol. The monoisotopic (exact) mass is 441 g/mol. The lowest BCUT2D eigenvalue weighted by molar-refractivity contribution is 0.0379. The van der Waals surface area contributed by atoms with Gasteiger partial charge in [-0.3, -0.25) is 0 Å². The summed E-state index contributed by atoms with van der Waals surface area (Å²) >= 11 is 0. The standard InChI is InChI=1S/C26H39N3O3/c1-5-23(28-21-9-7-6-8-10-21)20(16-30)15-27-25-22(26(31)32-17(2)3)14-19-13-18(4)11-12-24(19)29-25/h11-14,17,20-21,23,28,30H,5-10,15-16H2,1-4H3,(H,27,29). The van der Waals surface area contributed by atoms with E-state index in [1.54, 1.807) is 0 Å². The minimum absolute atomic E-state index is 0.0198. The maximum atomic E-state index is 12.8. The molecule has 0 aliphatic heterocycles. The predicted octanol–water partition coefficient (Wildman–Crippen LogP) is 4.83. The largest absolute Gasteiger partial charge is 0.459 e. The van der Waals surface area contributed by atoms with Crippen molar-refractivity contribution in [3.05, 3.63) is 35.4 Å². The third kappa shape index (κ3) is 6.42. The summed E-state index contributed by atoms with van der Waals surface area (Å²) in [7, 11) is 0. The van der Waals surface area contributed by atoms with Gasteiger partial charge in [-0.15, -0.1) is 0 Å². The van der Waals surface area contributed by atoms with E-state index in [1.165, 1.54) is 32.1 Å². The summed E-state index contributed by atoms with van der Waals surface area (Å²) in [5.41, 5.74) is 2.37. The average Bonchev–Trinajstić information content (AvgIpc) is 2.78. The molecule has 32 heavy (non-hydrogen) atoms. The number of esters is 1. The molecule has 176 valence electrons. The summed E-state index contributed by atoms with van der Waals surface area (Å²) < 4.78 is 5.48. The minimum atomic E-state index is -0.383. The van der Waals surface area contributed by atoms with Crippen molar-refractivity contribution in [3.63, 3.8) is 0 Å². The van der Waals surface area contributed by atoms with Crippen LogP contribution in [0, 0.1) is 12.8 Å². The summed E-state index contributed by atoms with van der Waals surface area (Å²) in [5.74, 6) is 0.149. The van der Waals surface area contributed by atoms with Crippen LogP contribution in [-0.2, 0) is 4.74 Å². The molecule has 1 aliphatic rings. The quantitative estimate of drug-likeness (QED) is 0.458. The van der Waals surface area contributed by atoms with E-state index in [2.05, 4.69) is 17.6 Å². The molecular formula is C26H39N3O3. The van der Waals surface area contributed by atoms with Crippen molar-refractivity contribution in [3.8, 4) is 0 Å². The molecule has 1 aliphatic carbocycles. The molecule has 0 spiro atoms. The van der Waals surface area contributed by atoms with Crippen LogP contribution in [-0.4, -0.2) is 47.4 Å². The molecule has 1 aromatic carbocycles. The van der Waals surface area contributed by atoms with E-state index in [4.69, 9.17) is 9.72 Å². The van der Waals surface area contributed by atoms with E-state index in [1.807, 2.05) is 45.0 Å². The zero-order chi connectivity index (χ0) is 23.1. The third-order valence-corrected chi connectivity index (χ3v) is 6.36. The van der Waals surface area contributed by atoms with Gasteiger partial charge in [-0.1, -0.05) is 37.8 Å². The van der Waals surface area contributed by atoms with Crippen LogP contribution in [0.3, 0.4) is 0 Å². The van der Waals surface area contributed by atoms with Crippen molar-refractivity contribution < 1.29 is 14.6 Å². The Morgan fingerprint density at radius 2 is 1.97 bits per heavy atom. The molecule has 0 saturated heterocycles. The van der Waals surface area contributed by atoms with Crippen LogP contribution >= 0.6 is 0 Å². The number of carbonyl (C=O) groups is 1. The number of aliphatic hydroxyl groups excluding tert-OH is 1. The zero-order valence-corrected chi connectivity index (χ0v) is 20.0. The molecular weight excluding hydrogens is 402 g/mol. The Hall–Kier alpha value is -2.18. The first kappa shape index (κ1) is 24.5. The topological polar surface area (TPSA) is 83.5 Å². The number of aliphatic hydroxyl groups is 1. The molecule has 1 saturated carbocycles. The number of fused-ring (bicyclic) bond motifs is 1. The van der Waals surface area contributed by atoms with E-state index in [9.17, 15) is 9.90 Å². The molecule has 3 rings (SSSR count). The Morgan fingerprint density at radius 1 is 1.22 bits per heavy atom. The summed E-state index contributed by atoms with van der Waals surface area (Å²) in [6.07, 6.45) is 7.02. The van der Waals surface area contributed by atoms with Gasteiger partial charge in [0.15, 0.2) is 0 Å². The second-order valence-electron chi connectivity index (χ2n) is 9.37. The van der Waals surface area contributed by atoms with Gasteiger partial charge < -0.3 is 20.5 Å². The van der Waals surface area contributed by atoms with Gasteiger partial charge >= 0.3 is 5.97 Å². The summed E-state index contributed by atoms with van der Waals surface area (Å²) in [6, 6.07) is 8.61. The fourth-order valence-electron chi connectivity index (χ4n) is 4.58. The summed E-state index contributed by atoms with van der Waals surface area (Å²) in [4.78, 5) is 17.5. The third-order valence-electron chi connectivity index (χ3n) is 6.36. The number of anilines is 1. The molecule has 6 heteroatoms. The fourth-order valence-corrected chi connectivity index (χ4v) is 4.58. The van der Waals surface area contributed by atoms with Crippen molar-refractivity contribution in [2.75, 3.05) is 18.5 Å².